The summed E-state index contributed by atoms with van der Waals surface area (Å²) in [4.78, 5) is 0. The van der Waals surface area contributed by atoms with Gasteiger partial charge in [-0.25, -0.2) is 4.39 Å². The molecule has 0 aliphatic carbocycles. The van der Waals surface area contributed by atoms with Gasteiger partial charge in [0, 0.05) is 5.69 Å². The minimum Gasteiger partial charge on any atom is -0.399 e. The van der Waals surface area contributed by atoms with E-state index in [1.54, 1.807) is 10.6 Å². The van der Waals surface area contributed by atoms with E-state index in [1.807, 2.05) is 0 Å². The Kier molecular flexibility index (Phi) is 1.70. The Morgan fingerprint density at radius 1 is 1.15 bits per heavy atom. The van der Waals surface area contributed by atoms with Crippen LogP contribution in [0.15, 0.2) is 30.9 Å². The molecule has 0 atom stereocenters. The van der Waals surface area contributed by atoms with Gasteiger partial charge in [-0.05, 0) is 18.2 Å². The highest BCUT2D eigenvalue weighted by molar-refractivity contribution is 5.47. The number of halogens is 1. The van der Waals surface area contributed by atoms with E-state index >= 15 is 0 Å². The second-order valence-electron chi connectivity index (χ2n) is 2.61. The van der Waals surface area contributed by atoms with E-state index < -0.39 is 0 Å². The van der Waals surface area contributed by atoms with Crippen LogP contribution in [0.1, 0.15) is 0 Å². The first-order valence-electron chi connectivity index (χ1n) is 3.67. The molecule has 2 N–H and O–H groups in total. The molecular weight excluding hydrogens is 171 g/mol. The SMILES string of the molecule is Nc1cc(F)cc(-n2cnnc2)c1. The third kappa shape index (κ3) is 1.48. The van der Waals surface area contributed by atoms with Crippen LogP contribution in [0.5, 0.6) is 0 Å². The summed E-state index contributed by atoms with van der Waals surface area (Å²) in [5.74, 6) is -0.372. The molecule has 1 aromatic carbocycles. The Morgan fingerprint density at radius 2 is 1.85 bits per heavy atom. The van der Waals surface area contributed by atoms with Gasteiger partial charge in [0.05, 0.1) is 5.69 Å². The Balaban J connectivity index is 2.53. The second kappa shape index (κ2) is 2.85. The van der Waals surface area contributed by atoms with Crippen molar-refractivity contribution >= 4 is 5.69 Å². The van der Waals surface area contributed by atoms with Crippen molar-refractivity contribution in [1.82, 2.24) is 14.8 Å². The third-order valence-corrected chi connectivity index (χ3v) is 1.62. The first kappa shape index (κ1) is 7.72. The molecule has 0 spiro atoms. The van der Waals surface area contributed by atoms with E-state index in [0.29, 0.717) is 11.4 Å². The molecular formula is C8H7FN4. The number of hydrogen-bond donors (Lipinski definition) is 1. The summed E-state index contributed by atoms with van der Waals surface area (Å²) < 4.78 is 14.5. The van der Waals surface area contributed by atoms with Gasteiger partial charge in [0.1, 0.15) is 18.5 Å². The van der Waals surface area contributed by atoms with Crippen LogP contribution < -0.4 is 5.73 Å². The van der Waals surface area contributed by atoms with E-state index in [1.165, 1.54) is 24.8 Å². The maximum Gasteiger partial charge on any atom is 0.127 e. The van der Waals surface area contributed by atoms with E-state index in [-0.39, 0.29) is 5.82 Å². The maximum absolute atomic E-state index is 12.9. The van der Waals surface area contributed by atoms with E-state index in [9.17, 15) is 4.39 Å². The van der Waals surface area contributed by atoms with Crippen LogP contribution >= 0.6 is 0 Å². The van der Waals surface area contributed by atoms with E-state index in [2.05, 4.69) is 10.2 Å². The van der Waals surface area contributed by atoms with Gasteiger partial charge < -0.3 is 5.73 Å². The molecule has 66 valence electrons. The van der Waals surface area contributed by atoms with Gasteiger partial charge in [-0.3, -0.25) is 4.57 Å². The van der Waals surface area contributed by atoms with Crippen molar-refractivity contribution in [2.24, 2.45) is 0 Å². The van der Waals surface area contributed by atoms with Crippen LogP contribution in [0.3, 0.4) is 0 Å². The van der Waals surface area contributed by atoms with Gasteiger partial charge in [-0.2, -0.15) is 0 Å². The molecule has 0 aliphatic heterocycles. The second-order valence-corrected chi connectivity index (χ2v) is 2.61. The first-order valence-corrected chi connectivity index (χ1v) is 3.67. The van der Waals surface area contributed by atoms with Crippen LogP contribution in [0.2, 0.25) is 0 Å². The number of benzene rings is 1. The van der Waals surface area contributed by atoms with Crippen molar-refractivity contribution < 1.29 is 4.39 Å². The topological polar surface area (TPSA) is 56.7 Å². The Bertz CT molecular complexity index is 390. The standard InChI is InChI=1S/C8H7FN4/c9-6-1-7(10)3-8(2-6)13-4-11-12-5-13/h1-5H,10H2. The fourth-order valence-electron chi connectivity index (χ4n) is 1.08. The number of nitrogen functional groups attached to an aromatic ring is 1. The molecule has 13 heavy (non-hydrogen) atoms. The van der Waals surface area contributed by atoms with Crippen molar-refractivity contribution in [2.45, 2.75) is 0 Å². The number of anilines is 1. The lowest BCUT2D eigenvalue weighted by Crippen LogP contribution is -1.94. The minimum absolute atomic E-state index is 0.372. The van der Waals surface area contributed by atoms with Crippen molar-refractivity contribution in [3.8, 4) is 5.69 Å². The highest BCUT2D eigenvalue weighted by Crippen LogP contribution is 2.13. The molecule has 2 aromatic rings. The van der Waals surface area contributed by atoms with Crippen LogP contribution in [-0.4, -0.2) is 14.8 Å². The fourth-order valence-corrected chi connectivity index (χ4v) is 1.08. The largest absolute Gasteiger partial charge is 0.399 e. The maximum atomic E-state index is 12.9. The zero-order chi connectivity index (χ0) is 9.26. The molecule has 1 heterocycles. The molecule has 0 fully saturated rings. The van der Waals surface area contributed by atoms with Gasteiger partial charge in [0.15, 0.2) is 0 Å². The van der Waals surface area contributed by atoms with E-state index in [4.69, 9.17) is 5.73 Å². The molecule has 5 heteroatoms. The summed E-state index contributed by atoms with van der Waals surface area (Å²) in [6.07, 6.45) is 2.96. The van der Waals surface area contributed by atoms with Crippen LogP contribution in [0.4, 0.5) is 10.1 Å². The highest BCUT2D eigenvalue weighted by atomic mass is 19.1. The lowest BCUT2D eigenvalue weighted by Gasteiger charge is -2.02. The molecule has 0 amide bonds. The molecule has 1 aromatic heterocycles. The molecule has 0 unspecified atom stereocenters. The summed E-state index contributed by atoms with van der Waals surface area (Å²) in [6.45, 7) is 0. The first-order chi connectivity index (χ1) is 6.25. The van der Waals surface area contributed by atoms with Gasteiger partial charge in [-0.1, -0.05) is 0 Å². The average molecular weight is 178 g/mol. The molecule has 0 radical (unpaired) electrons. The van der Waals surface area contributed by atoms with Gasteiger partial charge in [0.2, 0.25) is 0 Å². The predicted octanol–water partition coefficient (Wildman–Crippen LogP) is 0.989. The summed E-state index contributed by atoms with van der Waals surface area (Å²) in [5, 5.41) is 7.22. The summed E-state index contributed by atoms with van der Waals surface area (Å²) in [6, 6.07) is 4.26. The van der Waals surface area contributed by atoms with Gasteiger partial charge in [-0.15, -0.1) is 10.2 Å². The molecule has 0 bridgehead atoms. The number of hydrogen-bond acceptors (Lipinski definition) is 3. The van der Waals surface area contributed by atoms with Gasteiger partial charge >= 0.3 is 0 Å². The normalized spacial score (nSPS) is 10.2. The number of rotatable bonds is 1. The number of nitrogens with zero attached hydrogens (tertiary/aromatic N) is 3. The Morgan fingerprint density at radius 3 is 2.46 bits per heavy atom. The zero-order valence-corrected chi connectivity index (χ0v) is 6.68. The van der Waals surface area contributed by atoms with Crippen molar-refractivity contribution in [1.29, 1.82) is 0 Å². The van der Waals surface area contributed by atoms with Crippen LogP contribution in [0.25, 0.3) is 5.69 Å². The zero-order valence-electron chi connectivity index (χ0n) is 6.68. The lowest BCUT2D eigenvalue weighted by molar-refractivity contribution is 0.627. The molecule has 0 saturated heterocycles. The van der Waals surface area contributed by atoms with Gasteiger partial charge in [0.25, 0.3) is 0 Å². The smallest absolute Gasteiger partial charge is 0.127 e. The quantitative estimate of drug-likeness (QED) is 0.662. The summed E-state index contributed by atoms with van der Waals surface area (Å²) in [5.41, 5.74) is 6.46. The summed E-state index contributed by atoms with van der Waals surface area (Å²) in [7, 11) is 0. The predicted molar refractivity (Wildman–Crippen MR) is 45.7 cm³/mol. The highest BCUT2D eigenvalue weighted by Gasteiger charge is 1.99. The minimum atomic E-state index is -0.372. The number of nitrogens with two attached hydrogens (primary N) is 1. The van der Waals surface area contributed by atoms with Crippen molar-refractivity contribution in [3.63, 3.8) is 0 Å². The van der Waals surface area contributed by atoms with Crippen molar-refractivity contribution in [2.75, 3.05) is 5.73 Å². The molecule has 4 nitrogen and oxygen atoms in total. The number of aromatic nitrogens is 3. The van der Waals surface area contributed by atoms with Crippen molar-refractivity contribution in [3.05, 3.63) is 36.7 Å². The van der Waals surface area contributed by atoms with E-state index in [0.717, 1.165) is 0 Å². The molecule has 0 saturated carbocycles. The van der Waals surface area contributed by atoms with Crippen LogP contribution in [0, 0.1) is 5.82 Å². The Labute approximate surface area is 73.8 Å². The Hall–Kier alpha value is -1.91. The third-order valence-electron chi connectivity index (χ3n) is 1.62. The fraction of sp³-hybridized carbons (Fsp3) is 0. The molecule has 2 rings (SSSR count). The lowest BCUT2D eigenvalue weighted by atomic mass is 10.3. The molecule has 0 aliphatic rings. The monoisotopic (exact) mass is 178 g/mol. The average Bonchev–Trinajstić information content (AvgIpc) is 2.53. The summed E-state index contributed by atoms with van der Waals surface area (Å²) >= 11 is 0. The van der Waals surface area contributed by atoms with Crippen LogP contribution in [-0.2, 0) is 0 Å².